The average Bonchev–Trinajstić information content (AvgIpc) is 3.34. The lowest BCUT2D eigenvalue weighted by Crippen LogP contribution is -2.16. The molecule has 0 spiro atoms. The second kappa shape index (κ2) is 9.90. The van der Waals surface area contributed by atoms with E-state index in [-0.39, 0.29) is 34.1 Å². The Labute approximate surface area is 207 Å². The SMILES string of the molecule is CCOc1ccc(-c2nc(S(=O)(=O)c3ccc4c(c3)OCCO4)c(NCc3ccc(F)cc3)o2)cc1. The van der Waals surface area contributed by atoms with Crippen molar-refractivity contribution in [2.45, 2.75) is 23.4 Å². The zero-order valence-electron chi connectivity index (χ0n) is 19.4. The summed E-state index contributed by atoms with van der Waals surface area (Å²) in [5.74, 6) is 1.22. The van der Waals surface area contributed by atoms with Crippen molar-refractivity contribution in [3.05, 3.63) is 78.1 Å². The smallest absolute Gasteiger partial charge is 0.234 e. The van der Waals surface area contributed by atoms with Crippen LogP contribution in [-0.2, 0) is 16.4 Å². The van der Waals surface area contributed by atoms with Gasteiger partial charge in [0.15, 0.2) is 11.5 Å². The minimum atomic E-state index is -4.11. The summed E-state index contributed by atoms with van der Waals surface area (Å²) in [5, 5.41) is 2.72. The Bertz CT molecular complexity index is 1470. The topological polar surface area (TPSA) is 99.9 Å². The molecular formula is C26H23FN2O6S. The van der Waals surface area contributed by atoms with Crippen LogP contribution in [0, 0.1) is 5.82 Å². The maximum atomic E-state index is 13.7. The second-order valence-corrected chi connectivity index (χ2v) is 9.76. The number of benzene rings is 3. The van der Waals surface area contributed by atoms with E-state index in [1.807, 2.05) is 6.92 Å². The molecule has 8 nitrogen and oxygen atoms in total. The van der Waals surface area contributed by atoms with Gasteiger partial charge in [0.1, 0.15) is 24.8 Å². The molecule has 36 heavy (non-hydrogen) atoms. The van der Waals surface area contributed by atoms with E-state index in [4.69, 9.17) is 18.6 Å². The molecule has 1 aliphatic heterocycles. The Morgan fingerprint density at radius 2 is 1.69 bits per heavy atom. The van der Waals surface area contributed by atoms with Gasteiger partial charge in [-0.15, -0.1) is 0 Å². The summed E-state index contributed by atoms with van der Waals surface area (Å²) in [6.45, 7) is 3.32. The minimum Gasteiger partial charge on any atom is -0.494 e. The Balaban J connectivity index is 1.52. The number of rotatable bonds is 8. The molecule has 5 rings (SSSR count). The molecule has 0 aliphatic carbocycles. The number of fused-ring (bicyclic) bond motifs is 1. The summed E-state index contributed by atoms with van der Waals surface area (Å²) in [6, 6.07) is 17.2. The van der Waals surface area contributed by atoms with Crippen molar-refractivity contribution < 1.29 is 31.4 Å². The van der Waals surface area contributed by atoms with E-state index in [0.717, 1.165) is 5.56 Å². The molecule has 0 saturated carbocycles. The van der Waals surface area contributed by atoms with Crippen LogP contribution in [0.5, 0.6) is 17.2 Å². The zero-order chi connectivity index (χ0) is 25.1. The fraction of sp³-hybridized carbons (Fsp3) is 0.192. The molecule has 1 N–H and O–H groups in total. The van der Waals surface area contributed by atoms with Crippen molar-refractivity contribution in [1.82, 2.24) is 4.98 Å². The first-order chi connectivity index (χ1) is 17.4. The largest absolute Gasteiger partial charge is 0.494 e. The van der Waals surface area contributed by atoms with Gasteiger partial charge in [-0.05, 0) is 61.0 Å². The molecule has 186 valence electrons. The Kier molecular flexibility index (Phi) is 6.51. The van der Waals surface area contributed by atoms with E-state index in [2.05, 4.69) is 10.3 Å². The van der Waals surface area contributed by atoms with Crippen molar-refractivity contribution in [1.29, 1.82) is 0 Å². The number of sulfone groups is 1. The average molecular weight is 511 g/mol. The van der Waals surface area contributed by atoms with Crippen LogP contribution in [0.2, 0.25) is 0 Å². The third-order valence-electron chi connectivity index (χ3n) is 5.45. The van der Waals surface area contributed by atoms with Crippen LogP contribution in [-0.4, -0.2) is 33.2 Å². The number of oxazole rings is 1. The van der Waals surface area contributed by atoms with Gasteiger partial charge in [0.25, 0.3) is 0 Å². The predicted molar refractivity (Wildman–Crippen MR) is 130 cm³/mol. The lowest BCUT2D eigenvalue weighted by molar-refractivity contribution is 0.171. The monoisotopic (exact) mass is 510 g/mol. The van der Waals surface area contributed by atoms with E-state index in [0.29, 0.717) is 42.6 Å². The summed E-state index contributed by atoms with van der Waals surface area (Å²) < 4.78 is 63.0. The first-order valence-electron chi connectivity index (χ1n) is 11.3. The number of nitrogens with one attached hydrogen (secondary N) is 1. The van der Waals surface area contributed by atoms with Crippen LogP contribution in [0.1, 0.15) is 12.5 Å². The fourth-order valence-electron chi connectivity index (χ4n) is 3.67. The van der Waals surface area contributed by atoms with Gasteiger partial charge in [-0.2, -0.15) is 4.98 Å². The number of halogens is 1. The second-order valence-electron chi connectivity index (χ2n) is 7.90. The molecule has 10 heteroatoms. The van der Waals surface area contributed by atoms with Crippen molar-refractivity contribution in [3.8, 4) is 28.7 Å². The number of ether oxygens (including phenoxy) is 3. The van der Waals surface area contributed by atoms with Crippen molar-refractivity contribution in [2.24, 2.45) is 0 Å². The molecule has 0 atom stereocenters. The van der Waals surface area contributed by atoms with Crippen LogP contribution >= 0.6 is 0 Å². The van der Waals surface area contributed by atoms with E-state index in [1.165, 1.54) is 24.3 Å². The first kappa shape index (κ1) is 23.7. The number of nitrogens with zero attached hydrogens (tertiary/aromatic N) is 1. The summed E-state index contributed by atoms with van der Waals surface area (Å²) >= 11 is 0. The van der Waals surface area contributed by atoms with E-state index in [1.54, 1.807) is 42.5 Å². The van der Waals surface area contributed by atoms with Crippen molar-refractivity contribution >= 4 is 15.7 Å². The third kappa shape index (κ3) is 4.85. The van der Waals surface area contributed by atoms with Crippen LogP contribution in [0.15, 0.2) is 81.1 Å². The summed E-state index contributed by atoms with van der Waals surface area (Å²) in [6.07, 6.45) is 0. The van der Waals surface area contributed by atoms with Gasteiger partial charge in [-0.3, -0.25) is 0 Å². The molecule has 3 aromatic carbocycles. The Hall–Kier alpha value is -4.05. The molecule has 0 saturated heterocycles. The van der Waals surface area contributed by atoms with E-state index < -0.39 is 9.84 Å². The van der Waals surface area contributed by atoms with Crippen LogP contribution in [0.4, 0.5) is 10.3 Å². The van der Waals surface area contributed by atoms with E-state index in [9.17, 15) is 12.8 Å². The summed E-state index contributed by atoms with van der Waals surface area (Å²) in [7, 11) is -4.11. The number of hydrogen-bond acceptors (Lipinski definition) is 8. The highest BCUT2D eigenvalue weighted by molar-refractivity contribution is 7.91. The van der Waals surface area contributed by atoms with Crippen LogP contribution in [0.3, 0.4) is 0 Å². The molecule has 4 aromatic rings. The fourth-order valence-corrected chi connectivity index (χ4v) is 4.96. The van der Waals surface area contributed by atoms with Gasteiger partial charge >= 0.3 is 0 Å². The van der Waals surface area contributed by atoms with Gasteiger partial charge in [0.2, 0.25) is 26.6 Å². The lowest BCUT2D eigenvalue weighted by atomic mass is 10.2. The quantitative estimate of drug-likeness (QED) is 0.350. The highest BCUT2D eigenvalue weighted by Gasteiger charge is 2.30. The molecule has 0 radical (unpaired) electrons. The molecule has 0 bridgehead atoms. The molecule has 2 heterocycles. The summed E-state index contributed by atoms with van der Waals surface area (Å²) in [4.78, 5) is 4.34. The zero-order valence-corrected chi connectivity index (χ0v) is 20.2. The molecule has 0 amide bonds. The van der Waals surface area contributed by atoms with Gasteiger partial charge < -0.3 is 23.9 Å². The normalized spacial score (nSPS) is 12.8. The molecule has 1 aliphatic rings. The Morgan fingerprint density at radius 3 is 2.42 bits per heavy atom. The van der Waals surface area contributed by atoms with Crippen molar-refractivity contribution in [3.63, 3.8) is 0 Å². The third-order valence-corrected chi connectivity index (χ3v) is 7.11. The lowest BCUT2D eigenvalue weighted by Gasteiger charge is -2.18. The molecule has 0 unspecified atom stereocenters. The van der Waals surface area contributed by atoms with Gasteiger partial charge in [0.05, 0.1) is 11.5 Å². The van der Waals surface area contributed by atoms with Crippen molar-refractivity contribution in [2.75, 3.05) is 25.1 Å². The first-order valence-corrected chi connectivity index (χ1v) is 12.8. The Morgan fingerprint density at radius 1 is 0.972 bits per heavy atom. The number of hydrogen-bond donors (Lipinski definition) is 1. The standard InChI is InChI=1S/C26H23FN2O6S/c1-2-32-20-9-5-18(6-10-20)24-29-26(25(35-24)28-16-17-3-7-19(27)8-4-17)36(30,31)21-11-12-22-23(15-21)34-14-13-33-22/h3-12,15,28H,2,13-14,16H2,1H3. The minimum absolute atomic E-state index is 0.0110. The highest BCUT2D eigenvalue weighted by atomic mass is 32.2. The van der Waals surface area contributed by atoms with Crippen LogP contribution in [0.25, 0.3) is 11.5 Å². The molecular weight excluding hydrogens is 487 g/mol. The number of aromatic nitrogens is 1. The van der Waals surface area contributed by atoms with Gasteiger partial charge in [0, 0.05) is 18.2 Å². The highest BCUT2D eigenvalue weighted by Crippen LogP contribution is 2.37. The van der Waals surface area contributed by atoms with E-state index >= 15 is 0 Å². The maximum absolute atomic E-state index is 13.7. The molecule has 1 aromatic heterocycles. The van der Waals surface area contributed by atoms with Gasteiger partial charge in [-0.1, -0.05) is 12.1 Å². The summed E-state index contributed by atoms with van der Waals surface area (Å²) in [5.41, 5.74) is 1.31. The van der Waals surface area contributed by atoms with Gasteiger partial charge in [-0.25, -0.2) is 12.8 Å². The molecule has 0 fully saturated rings. The predicted octanol–water partition coefficient (Wildman–Crippen LogP) is 5.10. The van der Waals surface area contributed by atoms with Crippen LogP contribution < -0.4 is 19.5 Å². The maximum Gasteiger partial charge on any atom is 0.234 e. The number of anilines is 1.